The summed E-state index contributed by atoms with van der Waals surface area (Å²) in [6.07, 6.45) is 2.16. The molecule has 26 heavy (non-hydrogen) atoms. The molecule has 0 unspecified atom stereocenters. The third-order valence-corrected chi connectivity index (χ3v) is 3.64. The van der Waals surface area contributed by atoms with E-state index < -0.39 is 11.8 Å². The van der Waals surface area contributed by atoms with E-state index in [1.165, 1.54) is 13.3 Å². The summed E-state index contributed by atoms with van der Waals surface area (Å²) in [4.78, 5) is 23.9. The summed E-state index contributed by atoms with van der Waals surface area (Å²) in [5, 5.41) is 6.38. The standard InChI is InChI=1S/C19H21N3O4/c1-4-14-7-5-6-8-15(14)21-18(23)19(24)22-20-12-13-9-10-16(25-2)17(11-13)26-3/h5-12H,4H2,1-3H3,(H,21,23)(H,22,24). The molecule has 0 saturated carbocycles. The van der Waals surface area contributed by atoms with Crippen LogP contribution in [-0.2, 0) is 16.0 Å². The smallest absolute Gasteiger partial charge is 0.329 e. The Morgan fingerprint density at radius 3 is 2.46 bits per heavy atom. The molecule has 7 nitrogen and oxygen atoms in total. The van der Waals surface area contributed by atoms with Crippen molar-refractivity contribution in [2.75, 3.05) is 19.5 Å². The van der Waals surface area contributed by atoms with Crippen molar-refractivity contribution in [3.05, 3.63) is 53.6 Å². The van der Waals surface area contributed by atoms with Gasteiger partial charge in [-0.15, -0.1) is 0 Å². The fourth-order valence-corrected chi connectivity index (χ4v) is 2.28. The zero-order valence-electron chi connectivity index (χ0n) is 14.9. The maximum atomic E-state index is 12.0. The van der Waals surface area contributed by atoms with Crippen molar-refractivity contribution < 1.29 is 19.1 Å². The van der Waals surface area contributed by atoms with Crippen LogP contribution in [0.5, 0.6) is 11.5 Å². The van der Waals surface area contributed by atoms with Gasteiger partial charge in [-0.25, -0.2) is 5.43 Å². The molecule has 0 spiro atoms. The van der Waals surface area contributed by atoms with Gasteiger partial charge in [-0.2, -0.15) is 5.10 Å². The van der Waals surface area contributed by atoms with Gasteiger partial charge in [0.2, 0.25) is 0 Å². The second-order valence-corrected chi connectivity index (χ2v) is 5.28. The number of rotatable bonds is 6. The average Bonchev–Trinajstić information content (AvgIpc) is 2.68. The van der Waals surface area contributed by atoms with Crippen LogP contribution in [0.3, 0.4) is 0 Å². The number of amides is 2. The predicted molar refractivity (Wildman–Crippen MR) is 99.7 cm³/mol. The Hall–Kier alpha value is -3.35. The topological polar surface area (TPSA) is 89.0 Å². The zero-order chi connectivity index (χ0) is 18.9. The lowest BCUT2D eigenvalue weighted by molar-refractivity contribution is -0.136. The molecule has 2 aromatic carbocycles. The van der Waals surface area contributed by atoms with Gasteiger partial charge >= 0.3 is 11.8 Å². The summed E-state index contributed by atoms with van der Waals surface area (Å²) in [7, 11) is 3.07. The van der Waals surface area contributed by atoms with E-state index in [0.717, 1.165) is 12.0 Å². The lowest BCUT2D eigenvalue weighted by atomic mass is 10.1. The average molecular weight is 355 g/mol. The molecule has 0 radical (unpaired) electrons. The summed E-state index contributed by atoms with van der Waals surface area (Å²) in [5.41, 5.74) is 4.44. The maximum Gasteiger partial charge on any atom is 0.329 e. The first-order chi connectivity index (χ1) is 12.6. The Morgan fingerprint density at radius 2 is 1.77 bits per heavy atom. The molecule has 2 amide bonds. The molecule has 0 aliphatic heterocycles. The Labute approximate surface area is 152 Å². The third kappa shape index (κ3) is 4.83. The van der Waals surface area contributed by atoms with Gasteiger partial charge in [0.15, 0.2) is 11.5 Å². The molecule has 0 bridgehead atoms. The van der Waals surface area contributed by atoms with Gasteiger partial charge in [-0.1, -0.05) is 25.1 Å². The molecule has 2 rings (SSSR count). The number of para-hydroxylation sites is 1. The second-order valence-electron chi connectivity index (χ2n) is 5.28. The van der Waals surface area contributed by atoms with Crippen LogP contribution in [0.25, 0.3) is 0 Å². The molecular formula is C19H21N3O4. The number of aryl methyl sites for hydroxylation is 1. The summed E-state index contributed by atoms with van der Waals surface area (Å²) >= 11 is 0. The summed E-state index contributed by atoms with van der Waals surface area (Å²) in [6, 6.07) is 12.5. The largest absolute Gasteiger partial charge is 0.493 e. The Balaban J connectivity index is 1.97. The first kappa shape index (κ1) is 19.0. The van der Waals surface area contributed by atoms with E-state index >= 15 is 0 Å². The van der Waals surface area contributed by atoms with E-state index in [1.54, 1.807) is 37.4 Å². The molecule has 0 atom stereocenters. The second kappa shape index (κ2) is 9.22. The minimum Gasteiger partial charge on any atom is -0.493 e. The van der Waals surface area contributed by atoms with Crippen LogP contribution < -0.4 is 20.2 Å². The van der Waals surface area contributed by atoms with E-state index in [-0.39, 0.29) is 0 Å². The molecule has 136 valence electrons. The number of benzene rings is 2. The Kier molecular flexibility index (Phi) is 6.73. The van der Waals surface area contributed by atoms with Crippen LogP contribution >= 0.6 is 0 Å². The number of hydrazone groups is 1. The molecule has 0 fully saturated rings. The predicted octanol–water partition coefficient (Wildman–Crippen LogP) is 2.36. The van der Waals surface area contributed by atoms with E-state index in [2.05, 4.69) is 15.8 Å². The highest BCUT2D eigenvalue weighted by atomic mass is 16.5. The van der Waals surface area contributed by atoms with Crippen LogP contribution in [0, 0.1) is 0 Å². The minimum atomic E-state index is -0.854. The molecule has 0 heterocycles. The van der Waals surface area contributed by atoms with E-state index in [9.17, 15) is 9.59 Å². The Morgan fingerprint density at radius 1 is 1.04 bits per heavy atom. The molecular weight excluding hydrogens is 334 g/mol. The molecule has 0 aliphatic rings. The maximum absolute atomic E-state index is 12.0. The SMILES string of the molecule is CCc1ccccc1NC(=O)C(=O)NN=Cc1ccc(OC)c(OC)c1. The van der Waals surface area contributed by atoms with Crippen LogP contribution in [0.4, 0.5) is 5.69 Å². The number of carbonyl (C=O) groups excluding carboxylic acids is 2. The van der Waals surface area contributed by atoms with Crippen molar-refractivity contribution in [1.82, 2.24) is 5.43 Å². The number of hydrogen-bond donors (Lipinski definition) is 2. The molecule has 2 N–H and O–H groups in total. The molecule has 0 aromatic heterocycles. The van der Waals surface area contributed by atoms with E-state index in [4.69, 9.17) is 9.47 Å². The van der Waals surface area contributed by atoms with E-state index in [1.807, 2.05) is 19.1 Å². The van der Waals surface area contributed by atoms with Crippen LogP contribution in [-0.4, -0.2) is 32.2 Å². The normalized spacial score (nSPS) is 10.4. The number of nitrogens with zero attached hydrogens (tertiary/aromatic N) is 1. The number of ether oxygens (including phenoxy) is 2. The van der Waals surface area contributed by atoms with Gasteiger partial charge in [0.05, 0.1) is 20.4 Å². The third-order valence-electron chi connectivity index (χ3n) is 3.64. The van der Waals surface area contributed by atoms with Gasteiger partial charge in [0.1, 0.15) is 0 Å². The monoisotopic (exact) mass is 355 g/mol. The first-order valence-electron chi connectivity index (χ1n) is 8.03. The molecule has 2 aromatic rings. The van der Waals surface area contributed by atoms with Gasteiger partial charge in [-0.3, -0.25) is 9.59 Å². The first-order valence-corrected chi connectivity index (χ1v) is 8.03. The van der Waals surface area contributed by atoms with E-state index in [0.29, 0.717) is 22.7 Å². The highest BCUT2D eigenvalue weighted by molar-refractivity contribution is 6.39. The lowest BCUT2D eigenvalue weighted by Gasteiger charge is -2.08. The quantitative estimate of drug-likeness (QED) is 0.473. The molecule has 0 aliphatic carbocycles. The fourth-order valence-electron chi connectivity index (χ4n) is 2.28. The zero-order valence-corrected chi connectivity index (χ0v) is 14.9. The molecule has 0 saturated heterocycles. The van der Waals surface area contributed by atoms with Crippen molar-refractivity contribution in [2.45, 2.75) is 13.3 Å². The summed E-state index contributed by atoms with van der Waals surface area (Å²) in [6.45, 7) is 1.97. The number of nitrogens with one attached hydrogen (secondary N) is 2. The summed E-state index contributed by atoms with van der Waals surface area (Å²) in [5.74, 6) is -0.512. The van der Waals surface area contributed by atoms with Gasteiger partial charge in [0, 0.05) is 5.69 Å². The van der Waals surface area contributed by atoms with Crippen molar-refractivity contribution in [3.63, 3.8) is 0 Å². The van der Waals surface area contributed by atoms with Gasteiger partial charge in [-0.05, 0) is 41.8 Å². The summed E-state index contributed by atoms with van der Waals surface area (Å²) < 4.78 is 10.3. The highest BCUT2D eigenvalue weighted by Gasteiger charge is 2.14. The van der Waals surface area contributed by atoms with Gasteiger partial charge in [0.25, 0.3) is 0 Å². The van der Waals surface area contributed by atoms with Crippen molar-refractivity contribution >= 4 is 23.7 Å². The highest BCUT2D eigenvalue weighted by Crippen LogP contribution is 2.26. The van der Waals surface area contributed by atoms with Crippen LogP contribution in [0.1, 0.15) is 18.1 Å². The van der Waals surface area contributed by atoms with Crippen LogP contribution in [0.2, 0.25) is 0 Å². The number of hydrogen-bond acceptors (Lipinski definition) is 5. The fraction of sp³-hybridized carbons (Fsp3) is 0.211. The molecule has 7 heteroatoms. The van der Waals surface area contributed by atoms with Gasteiger partial charge < -0.3 is 14.8 Å². The van der Waals surface area contributed by atoms with Crippen molar-refractivity contribution in [1.29, 1.82) is 0 Å². The lowest BCUT2D eigenvalue weighted by Crippen LogP contribution is -2.32. The Bertz CT molecular complexity index is 818. The number of methoxy groups -OCH3 is 2. The number of carbonyl (C=O) groups is 2. The van der Waals surface area contributed by atoms with Crippen LogP contribution in [0.15, 0.2) is 47.6 Å². The number of anilines is 1. The minimum absolute atomic E-state index is 0.539. The van der Waals surface area contributed by atoms with Crippen molar-refractivity contribution in [3.8, 4) is 11.5 Å². The van der Waals surface area contributed by atoms with Crippen molar-refractivity contribution in [2.24, 2.45) is 5.10 Å².